The van der Waals surface area contributed by atoms with Gasteiger partial charge in [-0.2, -0.15) is 0 Å². The molecule has 0 saturated carbocycles. The van der Waals surface area contributed by atoms with Gasteiger partial charge in [0, 0.05) is 11.4 Å². The van der Waals surface area contributed by atoms with Gasteiger partial charge < -0.3 is 4.42 Å². The van der Waals surface area contributed by atoms with Crippen molar-refractivity contribution >= 4 is 11.6 Å². The van der Waals surface area contributed by atoms with Crippen LogP contribution in [0.5, 0.6) is 0 Å². The predicted molar refractivity (Wildman–Crippen MR) is 67.8 cm³/mol. The fourth-order valence-electron chi connectivity index (χ4n) is 1.79. The van der Waals surface area contributed by atoms with Gasteiger partial charge in [0.25, 0.3) is 0 Å². The van der Waals surface area contributed by atoms with E-state index in [1.807, 2.05) is 18.2 Å². The minimum atomic E-state index is 0.735. The molecule has 1 aromatic carbocycles. The number of furan rings is 1. The molecule has 0 saturated heterocycles. The van der Waals surface area contributed by atoms with E-state index in [4.69, 9.17) is 16.0 Å². The van der Waals surface area contributed by atoms with Crippen molar-refractivity contribution in [3.8, 4) is 11.3 Å². The summed E-state index contributed by atoms with van der Waals surface area (Å²) in [4.78, 5) is 0. The van der Waals surface area contributed by atoms with Crippen molar-refractivity contribution in [2.75, 3.05) is 5.88 Å². The van der Waals surface area contributed by atoms with Gasteiger partial charge in [-0.1, -0.05) is 30.3 Å². The summed E-state index contributed by atoms with van der Waals surface area (Å²) in [5, 5.41) is 0. The van der Waals surface area contributed by atoms with Crippen molar-refractivity contribution in [3.05, 3.63) is 48.2 Å². The highest BCUT2D eigenvalue weighted by molar-refractivity contribution is 6.17. The number of benzene rings is 1. The molecule has 0 spiro atoms. The molecule has 0 unspecified atom stereocenters. The fourth-order valence-corrected chi connectivity index (χ4v) is 1.97. The lowest BCUT2D eigenvalue weighted by Gasteiger charge is -2.01. The van der Waals surface area contributed by atoms with Gasteiger partial charge in [-0.3, -0.25) is 0 Å². The van der Waals surface area contributed by atoms with Gasteiger partial charge in [-0.25, -0.2) is 0 Å². The third-order valence-electron chi connectivity index (χ3n) is 2.61. The number of unbranched alkanes of at least 4 members (excludes halogenated alkanes) is 1. The van der Waals surface area contributed by atoms with E-state index in [9.17, 15) is 0 Å². The number of hydrogen-bond acceptors (Lipinski definition) is 1. The summed E-state index contributed by atoms with van der Waals surface area (Å²) in [6.07, 6.45) is 4.97. The highest BCUT2D eigenvalue weighted by Crippen LogP contribution is 2.25. The van der Waals surface area contributed by atoms with E-state index in [1.54, 1.807) is 6.26 Å². The molecule has 0 aliphatic rings. The van der Waals surface area contributed by atoms with Crippen molar-refractivity contribution in [1.82, 2.24) is 0 Å². The molecule has 1 aromatic heterocycles. The molecule has 1 heterocycles. The number of rotatable bonds is 5. The smallest absolute Gasteiger partial charge is 0.137 e. The van der Waals surface area contributed by atoms with Crippen LogP contribution in [0, 0.1) is 0 Å². The summed E-state index contributed by atoms with van der Waals surface area (Å²) in [5.41, 5.74) is 2.42. The SMILES string of the molecule is ClCCCCc1ccoc1-c1ccccc1. The summed E-state index contributed by atoms with van der Waals surface area (Å²) < 4.78 is 5.55. The van der Waals surface area contributed by atoms with Crippen LogP contribution in [0.15, 0.2) is 47.1 Å². The van der Waals surface area contributed by atoms with Crippen molar-refractivity contribution in [1.29, 1.82) is 0 Å². The summed E-state index contributed by atoms with van der Waals surface area (Å²) >= 11 is 5.68. The molecule has 0 amide bonds. The summed E-state index contributed by atoms with van der Waals surface area (Å²) in [6, 6.07) is 12.3. The van der Waals surface area contributed by atoms with Crippen LogP contribution in [-0.4, -0.2) is 5.88 Å². The molecule has 0 N–H and O–H groups in total. The van der Waals surface area contributed by atoms with Crippen LogP contribution in [0.3, 0.4) is 0 Å². The first-order valence-corrected chi connectivity index (χ1v) is 6.13. The Morgan fingerprint density at radius 3 is 2.56 bits per heavy atom. The minimum Gasteiger partial charge on any atom is -0.464 e. The second-order valence-electron chi connectivity index (χ2n) is 3.79. The van der Waals surface area contributed by atoms with Crippen LogP contribution < -0.4 is 0 Å². The number of alkyl halides is 1. The monoisotopic (exact) mass is 234 g/mol. The zero-order valence-electron chi connectivity index (χ0n) is 9.16. The summed E-state index contributed by atoms with van der Waals surface area (Å²) in [7, 11) is 0. The summed E-state index contributed by atoms with van der Waals surface area (Å²) in [5.74, 6) is 1.73. The second kappa shape index (κ2) is 5.76. The quantitative estimate of drug-likeness (QED) is 0.548. The molecule has 1 nitrogen and oxygen atoms in total. The molecular weight excluding hydrogens is 220 g/mol. The van der Waals surface area contributed by atoms with E-state index in [0.29, 0.717) is 0 Å². The Kier molecular flexibility index (Phi) is 4.06. The third-order valence-corrected chi connectivity index (χ3v) is 2.88. The molecule has 2 aromatic rings. The van der Waals surface area contributed by atoms with Crippen LogP contribution in [0.25, 0.3) is 11.3 Å². The zero-order chi connectivity index (χ0) is 11.2. The molecular formula is C14H15ClO. The first-order chi connectivity index (χ1) is 7.92. The highest BCUT2D eigenvalue weighted by atomic mass is 35.5. The lowest BCUT2D eigenvalue weighted by Crippen LogP contribution is -1.87. The van der Waals surface area contributed by atoms with Crippen LogP contribution in [0.2, 0.25) is 0 Å². The van der Waals surface area contributed by atoms with Gasteiger partial charge in [0.15, 0.2) is 0 Å². The largest absolute Gasteiger partial charge is 0.464 e. The maximum Gasteiger partial charge on any atom is 0.137 e. The van der Waals surface area contributed by atoms with Crippen molar-refractivity contribution in [2.45, 2.75) is 19.3 Å². The lowest BCUT2D eigenvalue weighted by atomic mass is 10.0. The van der Waals surface area contributed by atoms with E-state index in [0.717, 1.165) is 36.5 Å². The fraction of sp³-hybridized carbons (Fsp3) is 0.286. The predicted octanol–water partition coefficient (Wildman–Crippen LogP) is 4.51. The molecule has 0 aliphatic carbocycles. The first kappa shape index (κ1) is 11.3. The molecule has 0 bridgehead atoms. The van der Waals surface area contributed by atoms with Crippen molar-refractivity contribution in [2.24, 2.45) is 0 Å². The molecule has 2 heteroatoms. The van der Waals surface area contributed by atoms with Gasteiger partial charge in [-0.05, 0) is 30.9 Å². The van der Waals surface area contributed by atoms with Crippen molar-refractivity contribution in [3.63, 3.8) is 0 Å². The number of halogens is 1. The molecule has 0 atom stereocenters. The van der Waals surface area contributed by atoms with Gasteiger partial charge in [0.1, 0.15) is 5.76 Å². The van der Waals surface area contributed by atoms with E-state index in [2.05, 4.69) is 18.2 Å². The minimum absolute atomic E-state index is 0.735. The molecule has 16 heavy (non-hydrogen) atoms. The van der Waals surface area contributed by atoms with E-state index < -0.39 is 0 Å². The van der Waals surface area contributed by atoms with Crippen molar-refractivity contribution < 1.29 is 4.42 Å². The standard InChI is InChI=1S/C14H15ClO/c15-10-5-4-8-13-9-11-16-14(13)12-6-2-1-3-7-12/h1-3,6-7,9,11H,4-5,8,10H2. The average Bonchev–Trinajstić information content (AvgIpc) is 2.79. The third kappa shape index (κ3) is 2.67. The highest BCUT2D eigenvalue weighted by Gasteiger charge is 2.07. The first-order valence-electron chi connectivity index (χ1n) is 5.59. The molecule has 84 valence electrons. The molecule has 2 rings (SSSR count). The average molecular weight is 235 g/mol. The van der Waals surface area contributed by atoms with Gasteiger partial charge in [0.2, 0.25) is 0 Å². The Morgan fingerprint density at radius 2 is 1.81 bits per heavy atom. The Morgan fingerprint density at radius 1 is 1.00 bits per heavy atom. The Labute approximate surface area is 101 Å². The van der Waals surface area contributed by atoms with Crippen LogP contribution >= 0.6 is 11.6 Å². The number of hydrogen-bond donors (Lipinski definition) is 0. The Bertz CT molecular complexity index is 419. The topological polar surface area (TPSA) is 13.1 Å². The molecule has 0 radical (unpaired) electrons. The van der Waals surface area contributed by atoms with Gasteiger partial charge in [-0.15, -0.1) is 11.6 Å². The lowest BCUT2D eigenvalue weighted by molar-refractivity contribution is 0.578. The maximum atomic E-state index is 5.68. The van der Waals surface area contributed by atoms with Crippen LogP contribution in [0.4, 0.5) is 0 Å². The van der Waals surface area contributed by atoms with E-state index >= 15 is 0 Å². The molecule has 0 fully saturated rings. The van der Waals surface area contributed by atoms with Crippen LogP contribution in [-0.2, 0) is 6.42 Å². The van der Waals surface area contributed by atoms with E-state index in [1.165, 1.54) is 5.56 Å². The Balaban J connectivity index is 2.13. The normalized spacial score (nSPS) is 10.6. The maximum absolute atomic E-state index is 5.68. The second-order valence-corrected chi connectivity index (χ2v) is 4.17. The van der Waals surface area contributed by atoms with Crippen LogP contribution in [0.1, 0.15) is 18.4 Å². The van der Waals surface area contributed by atoms with Gasteiger partial charge in [0.05, 0.1) is 6.26 Å². The Hall–Kier alpha value is -1.21. The van der Waals surface area contributed by atoms with Gasteiger partial charge >= 0.3 is 0 Å². The zero-order valence-corrected chi connectivity index (χ0v) is 9.91. The molecule has 0 aliphatic heterocycles. The number of aryl methyl sites for hydroxylation is 1. The summed E-state index contributed by atoms with van der Waals surface area (Å²) in [6.45, 7) is 0. The van der Waals surface area contributed by atoms with E-state index in [-0.39, 0.29) is 0 Å².